The predicted molar refractivity (Wildman–Crippen MR) is 107 cm³/mol. The number of hydrogen-bond donors (Lipinski definition) is 1. The van der Waals surface area contributed by atoms with Crippen molar-refractivity contribution < 1.29 is 9.59 Å². The number of hydrogen-bond acceptors (Lipinski definition) is 3. The minimum atomic E-state index is -0.543. The van der Waals surface area contributed by atoms with Crippen LogP contribution in [0.2, 0.25) is 5.02 Å². The maximum atomic E-state index is 12.8. The van der Waals surface area contributed by atoms with E-state index in [0.29, 0.717) is 11.6 Å². The number of nitrogens with zero attached hydrogens (tertiary/aromatic N) is 1. The van der Waals surface area contributed by atoms with Crippen LogP contribution in [0.4, 0.5) is 0 Å². The van der Waals surface area contributed by atoms with E-state index >= 15 is 0 Å². The largest absolute Gasteiger partial charge is 0.357 e. The number of aryl methyl sites for hydroxylation is 1. The Balaban J connectivity index is 2.12. The van der Waals surface area contributed by atoms with Crippen LogP contribution < -0.4 is 5.32 Å². The molecule has 0 unspecified atom stereocenters. The highest BCUT2D eigenvalue weighted by atomic mass is 35.5. The number of halogens is 1. The third kappa shape index (κ3) is 5.78. The average Bonchev–Trinajstić information content (AvgIpc) is 2.64. The summed E-state index contributed by atoms with van der Waals surface area (Å²) in [5, 5.41) is 3.29. The number of rotatable bonds is 7. The van der Waals surface area contributed by atoms with Crippen molar-refractivity contribution in [3.05, 3.63) is 64.7 Å². The van der Waals surface area contributed by atoms with Crippen molar-refractivity contribution in [1.29, 1.82) is 0 Å². The van der Waals surface area contributed by atoms with Crippen LogP contribution in [-0.4, -0.2) is 35.6 Å². The molecule has 2 aromatic rings. The van der Waals surface area contributed by atoms with Crippen molar-refractivity contribution in [2.45, 2.75) is 31.3 Å². The topological polar surface area (TPSA) is 49.4 Å². The summed E-state index contributed by atoms with van der Waals surface area (Å²) in [6, 6.07) is 14.8. The minimum Gasteiger partial charge on any atom is -0.357 e. The summed E-state index contributed by atoms with van der Waals surface area (Å²) in [4.78, 5) is 27.5. The van der Waals surface area contributed by atoms with Gasteiger partial charge in [-0.1, -0.05) is 41.4 Å². The Bertz CT molecular complexity index is 765. The van der Waals surface area contributed by atoms with Gasteiger partial charge in [0.05, 0.1) is 5.75 Å². The molecule has 0 spiro atoms. The Hall–Kier alpha value is -1.98. The van der Waals surface area contributed by atoms with Crippen LogP contribution in [0.1, 0.15) is 18.1 Å². The van der Waals surface area contributed by atoms with E-state index in [2.05, 4.69) is 5.32 Å². The van der Waals surface area contributed by atoms with Gasteiger partial charge in [-0.15, -0.1) is 11.8 Å². The van der Waals surface area contributed by atoms with E-state index in [1.807, 2.05) is 43.3 Å². The van der Waals surface area contributed by atoms with Crippen molar-refractivity contribution in [3.8, 4) is 0 Å². The molecular weight excluding hydrogens is 368 g/mol. The van der Waals surface area contributed by atoms with Gasteiger partial charge in [-0.2, -0.15) is 0 Å². The van der Waals surface area contributed by atoms with Crippen LogP contribution in [-0.2, 0) is 16.1 Å². The van der Waals surface area contributed by atoms with E-state index in [1.165, 1.54) is 11.8 Å². The van der Waals surface area contributed by atoms with E-state index in [4.69, 9.17) is 11.6 Å². The molecule has 0 fully saturated rings. The number of amides is 2. The average molecular weight is 391 g/mol. The maximum absolute atomic E-state index is 12.8. The first-order chi connectivity index (χ1) is 12.4. The van der Waals surface area contributed by atoms with Gasteiger partial charge in [-0.05, 0) is 43.7 Å². The highest BCUT2D eigenvalue weighted by Gasteiger charge is 2.25. The molecule has 0 heterocycles. The third-order valence-electron chi connectivity index (χ3n) is 4.03. The quantitative estimate of drug-likeness (QED) is 0.729. The molecule has 0 aliphatic carbocycles. The Labute approximate surface area is 163 Å². The normalized spacial score (nSPS) is 11.7. The zero-order chi connectivity index (χ0) is 19.1. The van der Waals surface area contributed by atoms with Crippen LogP contribution >= 0.6 is 23.4 Å². The molecule has 138 valence electrons. The number of likely N-dealkylation sites (N-methyl/N-ethyl adjacent to an activating group) is 1. The SMILES string of the molecule is CNC(=O)[C@H](C)N(Cc1cccc(C)c1)C(=O)CSc1ccc(Cl)cc1. The summed E-state index contributed by atoms with van der Waals surface area (Å²) < 4.78 is 0. The smallest absolute Gasteiger partial charge is 0.242 e. The fraction of sp³-hybridized carbons (Fsp3) is 0.300. The van der Waals surface area contributed by atoms with E-state index in [1.54, 1.807) is 31.0 Å². The fourth-order valence-electron chi connectivity index (χ4n) is 2.56. The lowest BCUT2D eigenvalue weighted by Crippen LogP contribution is -2.47. The zero-order valence-corrected chi connectivity index (χ0v) is 16.7. The van der Waals surface area contributed by atoms with Gasteiger partial charge in [0.2, 0.25) is 11.8 Å². The summed E-state index contributed by atoms with van der Waals surface area (Å²) in [6.07, 6.45) is 0. The summed E-state index contributed by atoms with van der Waals surface area (Å²) in [7, 11) is 1.58. The second-order valence-electron chi connectivity index (χ2n) is 6.04. The molecular formula is C20H23ClN2O2S. The molecule has 0 aromatic heterocycles. The van der Waals surface area contributed by atoms with E-state index < -0.39 is 6.04 Å². The Morgan fingerprint density at radius 2 is 1.88 bits per heavy atom. The molecule has 0 bridgehead atoms. The third-order valence-corrected chi connectivity index (χ3v) is 5.27. The van der Waals surface area contributed by atoms with Gasteiger partial charge in [0, 0.05) is 23.5 Å². The molecule has 26 heavy (non-hydrogen) atoms. The van der Waals surface area contributed by atoms with Gasteiger partial charge in [0.15, 0.2) is 0 Å². The molecule has 0 saturated heterocycles. The van der Waals surface area contributed by atoms with Crippen molar-refractivity contribution in [1.82, 2.24) is 10.2 Å². The molecule has 0 radical (unpaired) electrons. The molecule has 6 heteroatoms. The van der Waals surface area contributed by atoms with Gasteiger partial charge < -0.3 is 10.2 Å². The molecule has 2 aromatic carbocycles. The van der Waals surface area contributed by atoms with Crippen LogP contribution in [0.5, 0.6) is 0 Å². The molecule has 2 amide bonds. The lowest BCUT2D eigenvalue weighted by Gasteiger charge is -2.28. The van der Waals surface area contributed by atoms with Crippen molar-refractivity contribution in [2.24, 2.45) is 0 Å². The first-order valence-electron chi connectivity index (χ1n) is 8.35. The second-order valence-corrected chi connectivity index (χ2v) is 7.53. The molecule has 1 N–H and O–H groups in total. The first-order valence-corrected chi connectivity index (χ1v) is 9.72. The Morgan fingerprint density at radius 1 is 1.19 bits per heavy atom. The van der Waals surface area contributed by atoms with E-state index in [0.717, 1.165) is 16.0 Å². The van der Waals surface area contributed by atoms with Crippen LogP contribution in [0.3, 0.4) is 0 Å². The first kappa shape index (κ1) is 20.3. The molecule has 0 aliphatic rings. The van der Waals surface area contributed by atoms with Gasteiger partial charge in [0.1, 0.15) is 6.04 Å². The van der Waals surface area contributed by atoms with Crippen molar-refractivity contribution in [2.75, 3.05) is 12.8 Å². The van der Waals surface area contributed by atoms with Crippen LogP contribution in [0.25, 0.3) is 0 Å². The monoisotopic (exact) mass is 390 g/mol. The van der Waals surface area contributed by atoms with Gasteiger partial charge in [-0.25, -0.2) is 0 Å². The van der Waals surface area contributed by atoms with E-state index in [9.17, 15) is 9.59 Å². The molecule has 0 aliphatic heterocycles. The Morgan fingerprint density at radius 3 is 2.50 bits per heavy atom. The number of thioether (sulfide) groups is 1. The fourth-order valence-corrected chi connectivity index (χ4v) is 3.47. The molecule has 4 nitrogen and oxygen atoms in total. The minimum absolute atomic E-state index is 0.0810. The van der Waals surface area contributed by atoms with Gasteiger partial charge in [0.25, 0.3) is 0 Å². The summed E-state index contributed by atoms with van der Waals surface area (Å²) in [5.41, 5.74) is 2.13. The van der Waals surface area contributed by atoms with Gasteiger partial charge >= 0.3 is 0 Å². The molecule has 2 rings (SSSR count). The summed E-state index contributed by atoms with van der Waals surface area (Å²) >= 11 is 7.33. The number of carbonyl (C=O) groups excluding carboxylic acids is 2. The maximum Gasteiger partial charge on any atom is 0.242 e. The highest BCUT2D eigenvalue weighted by Crippen LogP contribution is 2.22. The molecule has 0 saturated carbocycles. The van der Waals surface area contributed by atoms with Crippen LogP contribution in [0.15, 0.2) is 53.4 Å². The van der Waals surface area contributed by atoms with E-state index in [-0.39, 0.29) is 17.6 Å². The summed E-state index contributed by atoms with van der Waals surface area (Å²) in [5.74, 6) is -0.000498. The van der Waals surface area contributed by atoms with Crippen molar-refractivity contribution in [3.63, 3.8) is 0 Å². The lowest BCUT2D eigenvalue weighted by molar-refractivity contribution is -0.138. The lowest BCUT2D eigenvalue weighted by atomic mass is 10.1. The Kier molecular flexibility index (Phi) is 7.54. The molecule has 1 atom stereocenters. The summed E-state index contributed by atoms with van der Waals surface area (Å²) in [6.45, 7) is 4.16. The standard InChI is InChI=1S/C20H23ClN2O2S/c1-14-5-4-6-16(11-14)12-23(15(2)20(25)22-3)19(24)13-26-18-9-7-17(21)8-10-18/h4-11,15H,12-13H2,1-3H3,(H,22,25)/t15-/m0/s1. The second kappa shape index (κ2) is 9.64. The highest BCUT2D eigenvalue weighted by molar-refractivity contribution is 8.00. The predicted octanol–water partition coefficient (Wildman–Crippen LogP) is 3.90. The number of nitrogens with one attached hydrogen (secondary N) is 1. The van der Waals surface area contributed by atoms with Crippen molar-refractivity contribution >= 4 is 35.2 Å². The number of carbonyl (C=O) groups is 2. The van der Waals surface area contributed by atoms with Crippen LogP contribution in [0, 0.1) is 6.92 Å². The zero-order valence-electron chi connectivity index (χ0n) is 15.2. The number of benzene rings is 2. The van der Waals surface area contributed by atoms with Gasteiger partial charge in [-0.3, -0.25) is 9.59 Å².